The molecule has 1 saturated carbocycles. The van der Waals surface area contributed by atoms with Gasteiger partial charge in [0.15, 0.2) is 5.72 Å². The second-order valence-corrected chi connectivity index (χ2v) is 9.80. The number of para-hydroxylation sites is 1. The lowest BCUT2D eigenvalue weighted by Crippen LogP contribution is -2.55. The predicted molar refractivity (Wildman–Crippen MR) is 127 cm³/mol. The summed E-state index contributed by atoms with van der Waals surface area (Å²) in [5.41, 5.74) is 4.71. The quantitative estimate of drug-likeness (QED) is 0.399. The summed E-state index contributed by atoms with van der Waals surface area (Å²) in [6.07, 6.45) is 5.16. The monoisotopic (exact) mass is 472 g/mol. The Morgan fingerprint density at radius 3 is 2.35 bits per heavy atom. The minimum absolute atomic E-state index is 0.247. The summed E-state index contributed by atoms with van der Waals surface area (Å²) >= 11 is 3.55. The van der Waals surface area contributed by atoms with Gasteiger partial charge >= 0.3 is 0 Å². The van der Waals surface area contributed by atoms with Crippen LogP contribution in [0.5, 0.6) is 5.75 Å². The molecule has 3 aromatic carbocycles. The van der Waals surface area contributed by atoms with Crippen LogP contribution < -0.4 is 4.74 Å². The largest absolute Gasteiger partial charge is 0.466 e. The molecule has 0 amide bonds. The van der Waals surface area contributed by atoms with Crippen molar-refractivity contribution < 1.29 is 4.74 Å². The first-order chi connectivity index (χ1) is 15.2. The lowest BCUT2D eigenvalue weighted by atomic mass is 9.78. The van der Waals surface area contributed by atoms with E-state index in [2.05, 4.69) is 99.8 Å². The highest BCUT2D eigenvalue weighted by Gasteiger charge is 2.51. The zero-order chi connectivity index (χ0) is 20.8. The molecular weight excluding hydrogens is 448 g/mol. The van der Waals surface area contributed by atoms with E-state index in [0.717, 1.165) is 48.0 Å². The van der Waals surface area contributed by atoms with E-state index in [4.69, 9.17) is 9.84 Å². The first-order valence-electron chi connectivity index (χ1n) is 11.2. The van der Waals surface area contributed by atoms with Crippen LogP contribution in [0.2, 0.25) is 0 Å². The Labute approximate surface area is 191 Å². The highest BCUT2D eigenvalue weighted by atomic mass is 79.9. The number of benzene rings is 3. The van der Waals surface area contributed by atoms with Gasteiger partial charge in [-0.05, 0) is 48.1 Å². The van der Waals surface area contributed by atoms with E-state index < -0.39 is 0 Å². The van der Waals surface area contributed by atoms with Gasteiger partial charge in [0.1, 0.15) is 5.75 Å². The van der Waals surface area contributed by atoms with Crippen molar-refractivity contribution in [2.45, 2.75) is 49.8 Å². The van der Waals surface area contributed by atoms with Crippen LogP contribution in [0.3, 0.4) is 0 Å². The number of rotatable bonds is 2. The molecular formula is C27H25BrN2O. The van der Waals surface area contributed by atoms with Crippen LogP contribution in [0.15, 0.2) is 88.4 Å². The third-order valence-corrected chi connectivity index (χ3v) is 7.65. The van der Waals surface area contributed by atoms with Gasteiger partial charge in [0.05, 0.1) is 11.8 Å². The maximum Gasteiger partial charge on any atom is 0.198 e. The fourth-order valence-electron chi connectivity index (χ4n) is 5.50. The van der Waals surface area contributed by atoms with Crippen molar-refractivity contribution in [3.8, 4) is 5.75 Å². The third kappa shape index (κ3) is 3.28. The van der Waals surface area contributed by atoms with Gasteiger partial charge in [0.2, 0.25) is 0 Å². The van der Waals surface area contributed by atoms with Crippen LogP contribution in [-0.2, 0) is 0 Å². The Morgan fingerprint density at radius 2 is 1.58 bits per heavy atom. The zero-order valence-corrected chi connectivity index (χ0v) is 19.0. The van der Waals surface area contributed by atoms with Crippen molar-refractivity contribution in [2.24, 2.45) is 5.10 Å². The summed E-state index contributed by atoms with van der Waals surface area (Å²) in [7, 11) is 0. The molecule has 0 saturated heterocycles. The van der Waals surface area contributed by atoms with E-state index in [9.17, 15) is 0 Å². The average Bonchev–Trinajstić information content (AvgIpc) is 3.28. The summed E-state index contributed by atoms with van der Waals surface area (Å²) in [5.74, 6) is 1.64. The van der Waals surface area contributed by atoms with Crippen molar-refractivity contribution >= 4 is 21.6 Å². The van der Waals surface area contributed by atoms with E-state index in [1.165, 1.54) is 16.7 Å². The minimum atomic E-state index is -0.346. The number of nitrogens with zero attached hydrogens (tertiary/aromatic N) is 2. The molecule has 2 heterocycles. The topological polar surface area (TPSA) is 24.8 Å². The molecule has 31 heavy (non-hydrogen) atoms. The Kier molecular flexibility index (Phi) is 4.64. The zero-order valence-electron chi connectivity index (χ0n) is 17.4. The summed E-state index contributed by atoms with van der Waals surface area (Å²) < 4.78 is 7.87. The summed E-state index contributed by atoms with van der Waals surface area (Å²) in [6, 6.07) is 28.2. The van der Waals surface area contributed by atoms with Crippen LogP contribution in [0, 0.1) is 0 Å². The average molecular weight is 473 g/mol. The molecule has 1 atom stereocenters. The maximum atomic E-state index is 6.77. The van der Waals surface area contributed by atoms with Crippen molar-refractivity contribution in [3.63, 3.8) is 0 Å². The van der Waals surface area contributed by atoms with Crippen LogP contribution in [-0.4, -0.2) is 16.4 Å². The molecule has 0 radical (unpaired) electrons. The van der Waals surface area contributed by atoms with Crippen molar-refractivity contribution in [1.29, 1.82) is 0 Å². The van der Waals surface area contributed by atoms with Crippen LogP contribution in [0.1, 0.15) is 60.8 Å². The SMILES string of the molecule is Brc1ccc(C2=NN3[C@H](C2)c2ccccc2OC32CCC(c3ccccc3)CC2)cc1. The van der Waals surface area contributed by atoms with E-state index >= 15 is 0 Å². The number of hydrogen-bond acceptors (Lipinski definition) is 3. The van der Waals surface area contributed by atoms with Gasteiger partial charge < -0.3 is 4.74 Å². The predicted octanol–water partition coefficient (Wildman–Crippen LogP) is 7.05. The van der Waals surface area contributed by atoms with Crippen LogP contribution in [0.4, 0.5) is 0 Å². The van der Waals surface area contributed by atoms with E-state index in [0.29, 0.717) is 5.92 Å². The highest BCUT2D eigenvalue weighted by Crippen LogP contribution is 2.52. The summed E-state index contributed by atoms with van der Waals surface area (Å²) in [5, 5.41) is 7.51. The molecule has 3 aliphatic rings. The Balaban J connectivity index is 1.35. The van der Waals surface area contributed by atoms with Crippen molar-refractivity contribution in [2.75, 3.05) is 0 Å². The van der Waals surface area contributed by atoms with Gasteiger partial charge in [0.25, 0.3) is 0 Å². The third-order valence-electron chi connectivity index (χ3n) is 7.12. The second-order valence-electron chi connectivity index (χ2n) is 8.89. The van der Waals surface area contributed by atoms with Gasteiger partial charge in [-0.25, -0.2) is 5.01 Å². The number of hydrogen-bond donors (Lipinski definition) is 0. The molecule has 0 aromatic heterocycles. The number of fused-ring (bicyclic) bond motifs is 4. The first kappa shape index (κ1) is 19.1. The van der Waals surface area contributed by atoms with Gasteiger partial charge in [-0.1, -0.05) is 76.6 Å². The van der Waals surface area contributed by atoms with Crippen LogP contribution >= 0.6 is 15.9 Å². The first-order valence-corrected chi connectivity index (χ1v) is 12.0. The standard InChI is InChI=1S/C27H25BrN2O/c28-22-12-10-21(11-13-22)24-18-25-23-8-4-5-9-26(23)31-27(30(25)29-24)16-14-20(15-17-27)19-6-2-1-3-7-19/h1-13,20,25H,14-18H2/t20?,25-,27?/m1/s1. The Bertz CT molecular complexity index is 1120. The normalized spacial score (nSPS) is 26.7. The molecule has 0 unspecified atom stereocenters. The van der Waals surface area contributed by atoms with Gasteiger partial charge in [-0.15, -0.1) is 0 Å². The fourth-order valence-corrected chi connectivity index (χ4v) is 5.77. The number of ether oxygens (including phenoxy) is 1. The van der Waals surface area contributed by atoms with Gasteiger partial charge in [-0.2, -0.15) is 5.10 Å². The molecule has 156 valence electrons. The summed E-state index contributed by atoms with van der Waals surface area (Å²) in [4.78, 5) is 0. The molecule has 4 heteroatoms. The van der Waals surface area contributed by atoms with Crippen LogP contribution in [0.25, 0.3) is 0 Å². The second kappa shape index (κ2) is 7.52. The van der Waals surface area contributed by atoms with Crippen molar-refractivity contribution in [3.05, 3.63) is 100 Å². The van der Waals surface area contributed by atoms with Gasteiger partial charge in [-0.3, -0.25) is 0 Å². The molecule has 1 aliphatic carbocycles. The highest BCUT2D eigenvalue weighted by molar-refractivity contribution is 9.10. The smallest absolute Gasteiger partial charge is 0.198 e. The molecule has 3 aromatic rings. The van der Waals surface area contributed by atoms with E-state index in [1.807, 2.05) is 0 Å². The molecule has 3 nitrogen and oxygen atoms in total. The lowest BCUT2D eigenvalue weighted by molar-refractivity contribution is -0.142. The maximum absolute atomic E-state index is 6.77. The van der Waals surface area contributed by atoms with Crippen molar-refractivity contribution in [1.82, 2.24) is 5.01 Å². The molecule has 6 rings (SSSR count). The number of halogens is 1. The number of hydrazone groups is 1. The Morgan fingerprint density at radius 1 is 0.871 bits per heavy atom. The van der Waals surface area contributed by atoms with E-state index in [-0.39, 0.29) is 11.8 Å². The minimum Gasteiger partial charge on any atom is -0.466 e. The molecule has 1 fully saturated rings. The molecule has 0 bridgehead atoms. The lowest BCUT2D eigenvalue weighted by Gasteiger charge is -2.50. The molecule has 2 aliphatic heterocycles. The molecule has 1 spiro atoms. The van der Waals surface area contributed by atoms with E-state index in [1.54, 1.807) is 0 Å². The fraction of sp³-hybridized carbons (Fsp3) is 0.296. The molecule has 0 N–H and O–H groups in total. The van der Waals surface area contributed by atoms with Gasteiger partial charge in [0, 0.05) is 29.3 Å². The Hall–Kier alpha value is -2.59. The summed E-state index contributed by atoms with van der Waals surface area (Å²) in [6.45, 7) is 0.